The number of rotatable bonds is 14. The molecule has 0 aliphatic carbocycles. The van der Waals surface area contributed by atoms with Gasteiger partial charge in [0, 0.05) is 5.92 Å². The highest BCUT2D eigenvalue weighted by Crippen LogP contribution is 2.39. The topological polar surface area (TPSA) is 218 Å². The summed E-state index contributed by atoms with van der Waals surface area (Å²) in [5.74, 6) is -10.5. The van der Waals surface area contributed by atoms with E-state index in [9.17, 15) is 43.6 Å². The summed E-state index contributed by atoms with van der Waals surface area (Å²) in [5, 5.41) is 64.6. The highest BCUT2D eigenvalue weighted by molar-refractivity contribution is 5.90. The molecule has 1 heterocycles. The van der Waals surface area contributed by atoms with Crippen molar-refractivity contribution in [1.82, 2.24) is 16.0 Å². The second-order valence-electron chi connectivity index (χ2n) is 9.04. The van der Waals surface area contributed by atoms with Gasteiger partial charge in [0.2, 0.25) is 11.8 Å². The maximum absolute atomic E-state index is 14.6. The number of carboxylic acid groups (broad SMARTS) is 1. The lowest BCUT2D eigenvalue weighted by Crippen LogP contribution is -2.72. The van der Waals surface area contributed by atoms with Crippen molar-refractivity contribution in [2.75, 3.05) is 19.7 Å². The molecular formula is C21H37F2N3O10. The zero-order chi connectivity index (χ0) is 27.8. The predicted octanol–water partition coefficient (Wildman–Crippen LogP) is -2.73. The predicted molar refractivity (Wildman–Crippen MR) is 119 cm³/mol. The summed E-state index contributed by atoms with van der Waals surface area (Å²) < 4.78 is 33.9. The number of aliphatic carboxylic acids is 1. The Hall–Kier alpha value is -2.01. The molecule has 0 aromatic heterocycles. The Labute approximate surface area is 206 Å². The molecule has 1 aliphatic rings. The van der Waals surface area contributed by atoms with Gasteiger partial charge < -0.3 is 51.3 Å². The van der Waals surface area contributed by atoms with Crippen molar-refractivity contribution < 1.29 is 58.5 Å². The number of carboxylic acids is 1. The molecular weight excluding hydrogens is 492 g/mol. The van der Waals surface area contributed by atoms with Crippen LogP contribution in [0.5, 0.6) is 0 Å². The average molecular weight is 530 g/mol. The molecule has 210 valence electrons. The number of halogens is 2. The van der Waals surface area contributed by atoms with Crippen molar-refractivity contribution in [3.8, 4) is 0 Å². The van der Waals surface area contributed by atoms with Crippen molar-refractivity contribution in [3.05, 3.63) is 0 Å². The summed E-state index contributed by atoms with van der Waals surface area (Å²) >= 11 is 0. The van der Waals surface area contributed by atoms with Crippen LogP contribution in [0.3, 0.4) is 0 Å². The first-order valence-corrected chi connectivity index (χ1v) is 11.6. The van der Waals surface area contributed by atoms with E-state index in [1.165, 1.54) is 13.8 Å². The van der Waals surface area contributed by atoms with Crippen LogP contribution in [0.25, 0.3) is 0 Å². The number of alkyl halides is 2. The first-order chi connectivity index (χ1) is 16.6. The van der Waals surface area contributed by atoms with Gasteiger partial charge in [-0.25, -0.2) is 0 Å². The largest absolute Gasteiger partial charge is 0.480 e. The van der Waals surface area contributed by atoms with E-state index in [4.69, 9.17) is 10.2 Å². The van der Waals surface area contributed by atoms with Gasteiger partial charge >= 0.3 is 11.9 Å². The number of carbonyl (C=O) groups excluding carboxylic acids is 2. The van der Waals surface area contributed by atoms with E-state index in [0.29, 0.717) is 19.3 Å². The van der Waals surface area contributed by atoms with Crippen LogP contribution in [-0.4, -0.2) is 116 Å². The van der Waals surface area contributed by atoms with E-state index in [-0.39, 0.29) is 6.54 Å². The van der Waals surface area contributed by atoms with Crippen LogP contribution in [0.15, 0.2) is 0 Å². The highest BCUT2D eigenvalue weighted by Gasteiger charge is 2.65. The molecule has 0 aromatic carbocycles. The molecule has 36 heavy (non-hydrogen) atoms. The molecule has 8 atom stereocenters. The van der Waals surface area contributed by atoms with Crippen LogP contribution in [0, 0.1) is 5.92 Å². The summed E-state index contributed by atoms with van der Waals surface area (Å²) in [7, 11) is 0. The number of hydrogen-bond donors (Lipinski definition) is 9. The molecule has 13 nitrogen and oxygen atoms in total. The molecule has 0 spiro atoms. The molecule has 15 heteroatoms. The van der Waals surface area contributed by atoms with Crippen LogP contribution in [0.1, 0.15) is 40.0 Å². The third-order valence-electron chi connectivity index (χ3n) is 6.01. The fourth-order valence-corrected chi connectivity index (χ4v) is 3.48. The summed E-state index contributed by atoms with van der Waals surface area (Å²) in [6, 6.07) is -2.07. The highest BCUT2D eigenvalue weighted by atomic mass is 19.3. The minimum absolute atomic E-state index is 0.0383. The number of nitrogens with one attached hydrogen (secondary N) is 3. The normalized spacial score (nSPS) is 29.2. The molecule has 9 N–H and O–H groups in total. The Morgan fingerprint density at radius 2 is 1.58 bits per heavy atom. The second kappa shape index (κ2) is 13.5. The number of ether oxygens (including phenoxy) is 1. The number of hydrogen-bond acceptors (Lipinski definition) is 10. The lowest BCUT2D eigenvalue weighted by atomic mass is 9.88. The second-order valence-corrected chi connectivity index (χ2v) is 9.04. The minimum Gasteiger partial charge on any atom is -0.480 e. The molecule has 1 aliphatic heterocycles. The van der Waals surface area contributed by atoms with Crippen LogP contribution in [-0.2, 0) is 19.1 Å². The zero-order valence-electron chi connectivity index (χ0n) is 20.4. The standard InChI is InChI=1S/C21H37F2N3O10/c1-10(17(31)25-11(2)18(32)26-12(3)19(33)34)6-4-5-7-24-9-20(22,23)21(35)16(30)15(29)14(28)13(8-27)36-21/h10-16,24,27-30,35H,4-9H2,1-3H3,(H,25,31)(H,26,32)(H,33,34)/t10-,11-,12-,13+,14-,15-,16+,21?/m0/s1. The van der Waals surface area contributed by atoms with E-state index in [0.717, 1.165) is 0 Å². The van der Waals surface area contributed by atoms with Gasteiger partial charge in [0.05, 0.1) is 13.2 Å². The maximum Gasteiger partial charge on any atom is 0.325 e. The van der Waals surface area contributed by atoms with Crippen molar-refractivity contribution in [2.45, 2.75) is 88.2 Å². The number of aliphatic hydroxyl groups is 5. The number of amides is 2. The van der Waals surface area contributed by atoms with Crippen molar-refractivity contribution in [2.24, 2.45) is 5.92 Å². The van der Waals surface area contributed by atoms with Gasteiger partial charge in [-0.15, -0.1) is 0 Å². The van der Waals surface area contributed by atoms with Crippen LogP contribution in [0.2, 0.25) is 0 Å². The fourth-order valence-electron chi connectivity index (χ4n) is 3.48. The van der Waals surface area contributed by atoms with Crippen LogP contribution < -0.4 is 16.0 Å². The minimum atomic E-state index is -4.11. The van der Waals surface area contributed by atoms with Gasteiger partial charge in [0.25, 0.3) is 5.79 Å². The number of unbranched alkanes of at least 4 members (excludes halogenated alkanes) is 1. The van der Waals surface area contributed by atoms with E-state index in [2.05, 4.69) is 20.7 Å². The zero-order valence-corrected chi connectivity index (χ0v) is 20.4. The molecule has 1 fully saturated rings. The van der Waals surface area contributed by atoms with E-state index in [1.54, 1.807) is 6.92 Å². The van der Waals surface area contributed by atoms with Gasteiger partial charge in [-0.2, -0.15) is 8.78 Å². The van der Waals surface area contributed by atoms with Gasteiger partial charge in [-0.05, 0) is 33.2 Å². The monoisotopic (exact) mass is 529 g/mol. The Morgan fingerprint density at radius 3 is 2.14 bits per heavy atom. The van der Waals surface area contributed by atoms with E-state index in [1.807, 2.05) is 0 Å². The number of carbonyl (C=O) groups is 3. The summed E-state index contributed by atoms with van der Waals surface area (Å²) in [6.45, 7) is 2.20. The van der Waals surface area contributed by atoms with E-state index < -0.39 is 85.1 Å². The molecule has 0 saturated carbocycles. The lowest BCUT2D eigenvalue weighted by molar-refractivity contribution is -0.409. The van der Waals surface area contributed by atoms with Crippen molar-refractivity contribution >= 4 is 17.8 Å². The van der Waals surface area contributed by atoms with Gasteiger partial charge in [0.15, 0.2) is 0 Å². The van der Waals surface area contributed by atoms with Gasteiger partial charge in [-0.1, -0.05) is 13.3 Å². The molecule has 1 rings (SSSR count). The van der Waals surface area contributed by atoms with Crippen molar-refractivity contribution in [1.29, 1.82) is 0 Å². The fraction of sp³-hybridized carbons (Fsp3) is 0.857. The lowest BCUT2D eigenvalue weighted by Gasteiger charge is -2.48. The molecule has 1 saturated heterocycles. The van der Waals surface area contributed by atoms with Crippen LogP contribution >= 0.6 is 0 Å². The molecule has 1 unspecified atom stereocenters. The van der Waals surface area contributed by atoms with Crippen molar-refractivity contribution in [3.63, 3.8) is 0 Å². The third-order valence-corrected chi connectivity index (χ3v) is 6.01. The first-order valence-electron chi connectivity index (χ1n) is 11.6. The van der Waals surface area contributed by atoms with E-state index >= 15 is 0 Å². The smallest absolute Gasteiger partial charge is 0.325 e. The summed E-state index contributed by atoms with van der Waals surface area (Å²) in [6.07, 6.45) is -7.18. The molecule has 0 aromatic rings. The molecule has 2 amide bonds. The molecule has 0 bridgehead atoms. The first kappa shape index (κ1) is 32.0. The summed E-state index contributed by atoms with van der Waals surface area (Å²) in [4.78, 5) is 34.9. The Morgan fingerprint density at radius 1 is 1.00 bits per heavy atom. The van der Waals surface area contributed by atoms with Crippen LogP contribution in [0.4, 0.5) is 8.78 Å². The Balaban J connectivity index is 2.43. The Bertz CT molecular complexity index is 759. The van der Waals surface area contributed by atoms with Gasteiger partial charge in [0.1, 0.15) is 36.5 Å². The summed E-state index contributed by atoms with van der Waals surface area (Å²) in [5.41, 5.74) is 0. The average Bonchev–Trinajstić information content (AvgIpc) is 2.81. The SMILES string of the molecule is C[C@H](NC(=O)[C@H](C)NC(=O)[C@@H](C)CCCCNCC(F)(F)C1(O)O[C@H](CO)[C@H](O)[C@H](O)[C@H]1O)C(=O)O. The third kappa shape index (κ3) is 7.99. The Kier molecular flexibility index (Phi) is 12.0. The number of aliphatic hydroxyl groups excluding tert-OH is 4. The van der Waals surface area contributed by atoms with Gasteiger partial charge in [-0.3, -0.25) is 14.4 Å². The molecule has 0 radical (unpaired) electrons. The maximum atomic E-state index is 14.6. The quantitative estimate of drug-likeness (QED) is 0.105.